The number of halogens is 1. The third-order valence-electron chi connectivity index (χ3n) is 3.09. The second-order valence-electron chi connectivity index (χ2n) is 4.69. The zero-order valence-electron chi connectivity index (χ0n) is 11.8. The fraction of sp³-hybridized carbons (Fsp3) is 0.429. The van der Waals surface area contributed by atoms with E-state index < -0.39 is 17.9 Å². The third kappa shape index (κ3) is 4.52. The zero-order chi connectivity index (χ0) is 15.3. The number of anilines is 1. The Bertz CT molecular complexity index is 494. The summed E-state index contributed by atoms with van der Waals surface area (Å²) in [7, 11) is 0. The minimum absolute atomic E-state index is 0.117. The number of nitrogens with one attached hydrogen (secondary N) is 2. The number of carboxylic acids is 1. The van der Waals surface area contributed by atoms with Crippen LogP contribution in [0.25, 0.3) is 0 Å². The van der Waals surface area contributed by atoms with Gasteiger partial charge in [-0.1, -0.05) is 22.9 Å². The monoisotopic (exact) mass is 342 g/mol. The van der Waals surface area contributed by atoms with E-state index in [4.69, 9.17) is 5.11 Å². The highest BCUT2D eigenvalue weighted by Gasteiger charge is 2.16. The predicted molar refractivity (Wildman–Crippen MR) is 82.1 cm³/mol. The smallest absolute Gasteiger partial charge is 0.319 e. The number of amides is 2. The van der Waals surface area contributed by atoms with E-state index in [1.165, 1.54) is 0 Å². The van der Waals surface area contributed by atoms with Crippen LogP contribution in [0.5, 0.6) is 0 Å². The van der Waals surface area contributed by atoms with Crippen molar-refractivity contribution in [3.05, 3.63) is 27.7 Å². The molecule has 0 saturated heterocycles. The molecular weight excluding hydrogens is 324 g/mol. The van der Waals surface area contributed by atoms with Gasteiger partial charge in [-0.05, 0) is 43.5 Å². The van der Waals surface area contributed by atoms with Gasteiger partial charge < -0.3 is 15.7 Å². The molecule has 0 fully saturated rings. The van der Waals surface area contributed by atoms with E-state index in [9.17, 15) is 9.59 Å². The molecule has 1 rings (SSSR count). The fourth-order valence-electron chi connectivity index (χ4n) is 1.89. The van der Waals surface area contributed by atoms with Crippen molar-refractivity contribution in [1.29, 1.82) is 0 Å². The lowest BCUT2D eigenvalue weighted by Crippen LogP contribution is -2.35. The zero-order valence-corrected chi connectivity index (χ0v) is 13.4. The molecule has 3 N–H and O–H groups in total. The Hall–Kier alpha value is -1.56. The lowest BCUT2D eigenvalue weighted by molar-refractivity contribution is -0.141. The van der Waals surface area contributed by atoms with Gasteiger partial charge in [-0.25, -0.2) is 4.79 Å². The minimum Gasteiger partial charge on any atom is -0.481 e. The van der Waals surface area contributed by atoms with Crippen LogP contribution in [0.4, 0.5) is 10.5 Å². The number of carbonyl (C=O) groups is 2. The Morgan fingerprint density at radius 3 is 2.30 bits per heavy atom. The first-order valence-electron chi connectivity index (χ1n) is 6.39. The van der Waals surface area contributed by atoms with Crippen molar-refractivity contribution in [3.8, 4) is 0 Å². The van der Waals surface area contributed by atoms with Crippen LogP contribution < -0.4 is 10.6 Å². The van der Waals surface area contributed by atoms with Crippen LogP contribution in [-0.2, 0) is 4.79 Å². The molecule has 0 aliphatic rings. The first-order valence-corrected chi connectivity index (χ1v) is 7.18. The number of benzene rings is 1. The summed E-state index contributed by atoms with van der Waals surface area (Å²) in [6.45, 7) is 5.70. The quantitative estimate of drug-likeness (QED) is 0.768. The molecule has 1 aromatic carbocycles. The number of hydrogen-bond donors (Lipinski definition) is 3. The summed E-state index contributed by atoms with van der Waals surface area (Å²) in [6, 6.07) is 3.43. The molecule has 0 aliphatic heterocycles. The highest BCUT2D eigenvalue weighted by molar-refractivity contribution is 9.10. The molecule has 0 bridgehead atoms. The average Bonchev–Trinajstić information content (AvgIpc) is 2.34. The Balaban J connectivity index is 2.66. The van der Waals surface area contributed by atoms with Crippen molar-refractivity contribution in [3.63, 3.8) is 0 Å². The van der Waals surface area contributed by atoms with E-state index in [1.54, 1.807) is 6.92 Å². The summed E-state index contributed by atoms with van der Waals surface area (Å²) in [6.07, 6.45) is 0.478. The molecule has 1 unspecified atom stereocenters. The van der Waals surface area contributed by atoms with E-state index in [0.29, 0.717) is 6.42 Å². The van der Waals surface area contributed by atoms with E-state index in [0.717, 1.165) is 21.3 Å². The van der Waals surface area contributed by atoms with E-state index in [2.05, 4.69) is 26.6 Å². The van der Waals surface area contributed by atoms with Crippen molar-refractivity contribution in [1.82, 2.24) is 5.32 Å². The molecule has 0 spiro atoms. The second kappa shape index (κ2) is 7.28. The molecule has 6 heteroatoms. The number of hydrogen-bond acceptors (Lipinski definition) is 2. The van der Waals surface area contributed by atoms with Crippen molar-refractivity contribution >= 4 is 33.6 Å². The molecule has 0 aromatic heterocycles. The van der Waals surface area contributed by atoms with Gasteiger partial charge in [-0.2, -0.15) is 0 Å². The van der Waals surface area contributed by atoms with Gasteiger partial charge in [0.15, 0.2) is 0 Å². The Morgan fingerprint density at radius 2 is 1.85 bits per heavy atom. The van der Waals surface area contributed by atoms with Crippen LogP contribution >= 0.6 is 15.9 Å². The van der Waals surface area contributed by atoms with Gasteiger partial charge in [-0.15, -0.1) is 0 Å². The molecule has 0 heterocycles. The number of carboxylic acid groups (broad SMARTS) is 1. The maximum Gasteiger partial charge on any atom is 0.319 e. The SMILES string of the molecule is CCC(CNC(=O)Nc1c(C)cc(Br)cc1C)C(=O)O. The number of carbonyl (C=O) groups excluding carboxylic acids is 1. The van der Waals surface area contributed by atoms with Crippen LogP contribution in [0.1, 0.15) is 24.5 Å². The third-order valence-corrected chi connectivity index (χ3v) is 3.54. The molecule has 1 atom stereocenters. The molecule has 5 nitrogen and oxygen atoms in total. The number of aliphatic carboxylic acids is 1. The summed E-state index contributed by atoms with van der Waals surface area (Å²) in [5.74, 6) is -1.46. The summed E-state index contributed by atoms with van der Waals surface area (Å²) < 4.78 is 0.954. The average molecular weight is 343 g/mol. The number of rotatable bonds is 5. The van der Waals surface area contributed by atoms with Crippen LogP contribution in [0, 0.1) is 19.8 Å². The standard InChI is InChI=1S/C14H19BrN2O3/c1-4-10(13(18)19)7-16-14(20)17-12-8(2)5-11(15)6-9(12)3/h5-6,10H,4,7H2,1-3H3,(H,18,19)(H2,16,17,20). The number of aryl methyl sites for hydroxylation is 2. The topological polar surface area (TPSA) is 78.4 Å². The largest absolute Gasteiger partial charge is 0.481 e. The summed E-state index contributed by atoms with van der Waals surface area (Å²) in [5, 5.41) is 14.3. The maximum atomic E-state index is 11.8. The first kappa shape index (κ1) is 16.5. The van der Waals surface area contributed by atoms with E-state index in [-0.39, 0.29) is 6.54 Å². The highest BCUT2D eigenvalue weighted by Crippen LogP contribution is 2.24. The Kier molecular flexibility index (Phi) is 6.01. The lowest BCUT2D eigenvalue weighted by atomic mass is 10.1. The molecule has 0 radical (unpaired) electrons. The van der Waals surface area contributed by atoms with Crippen LogP contribution in [0.3, 0.4) is 0 Å². The van der Waals surface area contributed by atoms with Crippen LogP contribution in [-0.4, -0.2) is 23.7 Å². The van der Waals surface area contributed by atoms with Gasteiger partial charge in [0.2, 0.25) is 0 Å². The summed E-state index contributed by atoms with van der Waals surface area (Å²) in [4.78, 5) is 22.7. The fourth-order valence-corrected chi connectivity index (χ4v) is 2.57. The minimum atomic E-state index is -0.899. The van der Waals surface area contributed by atoms with Gasteiger partial charge in [0, 0.05) is 16.7 Å². The second-order valence-corrected chi connectivity index (χ2v) is 5.61. The van der Waals surface area contributed by atoms with Crippen molar-refractivity contribution < 1.29 is 14.7 Å². The van der Waals surface area contributed by atoms with Gasteiger partial charge in [-0.3, -0.25) is 4.79 Å². The summed E-state index contributed by atoms with van der Waals surface area (Å²) in [5.41, 5.74) is 2.63. The summed E-state index contributed by atoms with van der Waals surface area (Å²) >= 11 is 3.39. The molecular formula is C14H19BrN2O3. The van der Waals surface area contributed by atoms with Crippen molar-refractivity contribution in [2.45, 2.75) is 27.2 Å². The van der Waals surface area contributed by atoms with E-state index >= 15 is 0 Å². The normalized spacial score (nSPS) is 11.8. The molecule has 1 aromatic rings. The van der Waals surface area contributed by atoms with Crippen LogP contribution in [0.2, 0.25) is 0 Å². The van der Waals surface area contributed by atoms with Gasteiger partial charge >= 0.3 is 12.0 Å². The predicted octanol–water partition coefficient (Wildman–Crippen LogP) is 3.30. The molecule has 110 valence electrons. The number of urea groups is 1. The van der Waals surface area contributed by atoms with Gasteiger partial charge in [0.25, 0.3) is 0 Å². The van der Waals surface area contributed by atoms with Crippen LogP contribution in [0.15, 0.2) is 16.6 Å². The first-order chi connectivity index (χ1) is 9.35. The molecule has 2 amide bonds. The van der Waals surface area contributed by atoms with Crippen molar-refractivity contribution in [2.24, 2.45) is 5.92 Å². The van der Waals surface area contributed by atoms with Gasteiger partial charge in [0.1, 0.15) is 0 Å². The highest BCUT2D eigenvalue weighted by atomic mass is 79.9. The molecule has 0 saturated carbocycles. The Morgan fingerprint density at radius 1 is 1.30 bits per heavy atom. The Labute approximate surface area is 126 Å². The molecule has 0 aliphatic carbocycles. The lowest BCUT2D eigenvalue weighted by Gasteiger charge is -2.15. The van der Waals surface area contributed by atoms with Gasteiger partial charge in [0.05, 0.1) is 5.92 Å². The van der Waals surface area contributed by atoms with Crippen molar-refractivity contribution in [2.75, 3.05) is 11.9 Å². The molecule has 20 heavy (non-hydrogen) atoms. The van der Waals surface area contributed by atoms with E-state index in [1.807, 2.05) is 26.0 Å². The maximum absolute atomic E-state index is 11.8.